The summed E-state index contributed by atoms with van der Waals surface area (Å²) in [6.45, 7) is 0.775. The van der Waals surface area contributed by atoms with Gasteiger partial charge in [0.05, 0.1) is 11.9 Å². The molecule has 0 bridgehead atoms. The van der Waals surface area contributed by atoms with Crippen LogP contribution >= 0.6 is 0 Å². The molecule has 3 aromatic rings. The average molecular weight is 249 g/mol. The number of para-hydroxylation sites is 2. The van der Waals surface area contributed by atoms with E-state index >= 15 is 0 Å². The minimum atomic E-state index is 0.775. The highest BCUT2D eigenvalue weighted by Crippen LogP contribution is 2.10. The van der Waals surface area contributed by atoms with E-state index < -0.39 is 0 Å². The molecule has 3 rings (SSSR count). The van der Waals surface area contributed by atoms with Gasteiger partial charge in [-0.15, -0.1) is 0 Å². The Hall–Kier alpha value is -2.55. The Labute approximate surface area is 112 Å². The van der Waals surface area contributed by atoms with E-state index in [0.29, 0.717) is 0 Å². The molecule has 0 spiro atoms. The van der Waals surface area contributed by atoms with Crippen LogP contribution in [-0.4, -0.2) is 9.78 Å². The zero-order valence-electron chi connectivity index (χ0n) is 10.5. The van der Waals surface area contributed by atoms with E-state index in [9.17, 15) is 0 Å². The number of nitrogens with one attached hydrogen (secondary N) is 1. The Morgan fingerprint density at radius 1 is 0.895 bits per heavy atom. The van der Waals surface area contributed by atoms with E-state index in [2.05, 4.69) is 22.5 Å². The van der Waals surface area contributed by atoms with Crippen molar-refractivity contribution in [2.45, 2.75) is 6.54 Å². The van der Waals surface area contributed by atoms with Crippen molar-refractivity contribution in [1.82, 2.24) is 9.78 Å². The Balaban J connectivity index is 1.69. The van der Waals surface area contributed by atoms with Gasteiger partial charge in [0.2, 0.25) is 0 Å². The third kappa shape index (κ3) is 2.83. The number of hydrogen-bond acceptors (Lipinski definition) is 2. The number of aromatic nitrogens is 2. The molecule has 0 aliphatic heterocycles. The molecule has 0 fully saturated rings. The number of nitrogens with zero attached hydrogens (tertiary/aromatic N) is 2. The van der Waals surface area contributed by atoms with Crippen LogP contribution in [-0.2, 0) is 6.54 Å². The largest absolute Gasteiger partial charge is 0.381 e. The van der Waals surface area contributed by atoms with Crippen LogP contribution in [0.2, 0.25) is 0 Å². The molecule has 0 radical (unpaired) electrons. The first kappa shape index (κ1) is 11.5. The van der Waals surface area contributed by atoms with Crippen molar-refractivity contribution < 1.29 is 0 Å². The Kier molecular flexibility index (Phi) is 3.28. The van der Waals surface area contributed by atoms with Gasteiger partial charge in [0, 0.05) is 24.0 Å². The van der Waals surface area contributed by atoms with Crippen LogP contribution in [0.15, 0.2) is 73.1 Å². The third-order valence-electron chi connectivity index (χ3n) is 2.93. The van der Waals surface area contributed by atoms with Gasteiger partial charge in [0.15, 0.2) is 0 Å². The van der Waals surface area contributed by atoms with Crippen LogP contribution in [0.5, 0.6) is 0 Å². The number of benzene rings is 2. The lowest BCUT2D eigenvalue weighted by Gasteiger charge is -2.03. The number of anilines is 1. The standard InChI is InChI=1S/C16H15N3/c1-3-7-15(8-4-1)17-11-14-12-18-19(13-14)16-9-5-2-6-10-16/h1-10,12-13,17H,11H2. The van der Waals surface area contributed by atoms with Crippen molar-refractivity contribution in [3.63, 3.8) is 0 Å². The van der Waals surface area contributed by atoms with Gasteiger partial charge in [0.25, 0.3) is 0 Å². The second-order valence-corrected chi connectivity index (χ2v) is 4.35. The zero-order chi connectivity index (χ0) is 12.9. The van der Waals surface area contributed by atoms with Crippen molar-refractivity contribution >= 4 is 5.69 Å². The molecule has 2 aromatic carbocycles. The van der Waals surface area contributed by atoms with E-state index in [1.54, 1.807) is 0 Å². The quantitative estimate of drug-likeness (QED) is 0.767. The lowest BCUT2D eigenvalue weighted by Crippen LogP contribution is -1.98. The minimum absolute atomic E-state index is 0.775. The maximum Gasteiger partial charge on any atom is 0.0645 e. The molecule has 0 unspecified atom stereocenters. The molecule has 1 heterocycles. The summed E-state index contributed by atoms with van der Waals surface area (Å²) in [6.07, 6.45) is 3.94. The fourth-order valence-electron chi connectivity index (χ4n) is 1.93. The SMILES string of the molecule is c1ccc(NCc2cnn(-c3ccccc3)c2)cc1. The van der Waals surface area contributed by atoms with Crippen LogP contribution in [0, 0.1) is 0 Å². The smallest absolute Gasteiger partial charge is 0.0645 e. The van der Waals surface area contributed by atoms with E-state index in [1.165, 1.54) is 0 Å². The van der Waals surface area contributed by atoms with Gasteiger partial charge < -0.3 is 5.32 Å². The molecular weight excluding hydrogens is 234 g/mol. The van der Waals surface area contributed by atoms with Crippen LogP contribution in [0.1, 0.15) is 5.56 Å². The summed E-state index contributed by atoms with van der Waals surface area (Å²) in [7, 11) is 0. The molecular formula is C16H15N3. The molecule has 3 nitrogen and oxygen atoms in total. The zero-order valence-corrected chi connectivity index (χ0v) is 10.5. The van der Waals surface area contributed by atoms with Gasteiger partial charge in [0.1, 0.15) is 0 Å². The summed E-state index contributed by atoms with van der Waals surface area (Å²) in [5.74, 6) is 0. The Bertz CT molecular complexity index is 629. The van der Waals surface area contributed by atoms with E-state index in [0.717, 1.165) is 23.5 Å². The van der Waals surface area contributed by atoms with E-state index in [4.69, 9.17) is 0 Å². The maximum atomic E-state index is 4.38. The number of hydrogen-bond donors (Lipinski definition) is 1. The first-order valence-electron chi connectivity index (χ1n) is 6.30. The minimum Gasteiger partial charge on any atom is -0.381 e. The van der Waals surface area contributed by atoms with Crippen LogP contribution in [0.4, 0.5) is 5.69 Å². The molecule has 3 heteroatoms. The summed E-state index contributed by atoms with van der Waals surface area (Å²) < 4.78 is 1.89. The highest BCUT2D eigenvalue weighted by molar-refractivity contribution is 5.43. The summed E-state index contributed by atoms with van der Waals surface area (Å²) in [6, 6.07) is 20.3. The van der Waals surface area contributed by atoms with Gasteiger partial charge >= 0.3 is 0 Å². The van der Waals surface area contributed by atoms with Gasteiger partial charge in [-0.3, -0.25) is 0 Å². The van der Waals surface area contributed by atoms with Crippen LogP contribution < -0.4 is 5.32 Å². The predicted octanol–water partition coefficient (Wildman–Crippen LogP) is 3.48. The van der Waals surface area contributed by atoms with Gasteiger partial charge in [-0.1, -0.05) is 36.4 Å². The molecule has 0 amide bonds. The molecule has 0 aliphatic carbocycles. The monoisotopic (exact) mass is 249 g/mol. The van der Waals surface area contributed by atoms with E-state index in [1.807, 2.05) is 65.6 Å². The second-order valence-electron chi connectivity index (χ2n) is 4.35. The van der Waals surface area contributed by atoms with Crippen molar-refractivity contribution in [3.8, 4) is 5.69 Å². The Morgan fingerprint density at radius 3 is 2.32 bits per heavy atom. The van der Waals surface area contributed by atoms with Crippen molar-refractivity contribution in [2.75, 3.05) is 5.32 Å². The maximum absolute atomic E-state index is 4.38. The molecule has 0 saturated carbocycles. The third-order valence-corrected chi connectivity index (χ3v) is 2.93. The summed E-state index contributed by atoms with van der Waals surface area (Å²) in [4.78, 5) is 0. The average Bonchev–Trinajstić information content (AvgIpc) is 2.96. The summed E-state index contributed by atoms with van der Waals surface area (Å²) in [5.41, 5.74) is 3.36. The van der Waals surface area contributed by atoms with Gasteiger partial charge in [-0.25, -0.2) is 4.68 Å². The van der Waals surface area contributed by atoms with Crippen molar-refractivity contribution in [1.29, 1.82) is 0 Å². The molecule has 0 saturated heterocycles. The van der Waals surface area contributed by atoms with Crippen LogP contribution in [0.3, 0.4) is 0 Å². The summed E-state index contributed by atoms with van der Waals surface area (Å²) >= 11 is 0. The fraction of sp³-hybridized carbons (Fsp3) is 0.0625. The highest BCUT2D eigenvalue weighted by Gasteiger charge is 2.00. The fourth-order valence-corrected chi connectivity index (χ4v) is 1.93. The molecule has 0 aliphatic rings. The first-order valence-corrected chi connectivity index (χ1v) is 6.30. The van der Waals surface area contributed by atoms with Crippen molar-refractivity contribution in [3.05, 3.63) is 78.6 Å². The summed E-state index contributed by atoms with van der Waals surface area (Å²) in [5, 5.41) is 7.75. The van der Waals surface area contributed by atoms with Crippen LogP contribution in [0.25, 0.3) is 5.69 Å². The molecule has 19 heavy (non-hydrogen) atoms. The first-order chi connectivity index (χ1) is 9.42. The normalized spacial score (nSPS) is 10.3. The topological polar surface area (TPSA) is 29.9 Å². The predicted molar refractivity (Wildman–Crippen MR) is 77.3 cm³/mol. The van der Waals surface area contributed by atoms with E-state index in [-0.39, 0.29) is 0 Å². The number of rotatable bonds is 4. The van der Waals surface area contributed by atoms with Gasteiger partial charge in [-0.05, 0) is 24.3 Å². The highest BCUT2D eigenvalue weighted by atomic mass is 15.3. The lowest BCUT2D eigenvalue weighted by atomic mass is 10.3. The molecule has 0 atom stereocenters. The molecule has 94 valence electrons. The lowest BCUT2D eigenvalue weighted by molar-refractivity contribution is 0.880. The molecule has 1 aromatic heterocycles. The van der Waals surface area contributed by atoms with Gasteiger partial charge in [-0.2, -0.15) is 5.10 Å². The van der Waals surface area contributed by atoms with Crippen molar-refractivity contribution in [2.24, 2.45) is 0 Å². The second kappa shape index (κ2) is 5.40. The Morgan fingerprint density at radius 2 is 1.58 bits per heavy atom. The molecule has 1 N–H and O–H groups in total.